The Morgan fingerprint density at radius 1 is 1.26 bits per heavy atom. The highest BCUT2D eigenvalue weighted by Gasteiger charge is 2.26. The van der Waals surface area contributed by atoms with Crippen molar-refractivity contribution < 1.29 is 17.9 Å². The summed E-state index contributed by atoms with van der Waals surface area (Å²) in [4.78, 5) is 11.4. The lowest BCUT2D eigenvalue weighted by molar-refractivity contribution is -0.146. The third-order valence-corrected chi connectivity index (χ3v) is 4.60. The lowest BCUT2D eigenvalue weighted by Crippen LogP contribution is -2.31. The Bertz CT molecular complexity index is 511. The van der Waals surface area contributed by atoms with Gasteiger partial charge in [-0.3, -0.25) is 4.79 Å². The van der Waals surface area contributed by atoms with E-state index in [1.807, 2.05) is 0 Å². The van der Waals surface area contributed by atoms with Crippen LogP contribution in [0.5, 0.6) is 0 Å². The molecule has 19 heavy (non-hydrogen) atoms. The SMILES string of the molecule is CC(C)[C@@H](CS(=O)(=O)c1ccccc1)OC(=O)CCl. The fraction of sp³-hybridized carbons (Fsp3) is 0.462. The minimum Gasteiger partial charge on any atom is -0.460 e. The Kier molecular flexibility index (Phi) is 5.82. The molecule has 106 valence electrons. The van der Waals surface area contributed by atoms with Crippen LogP contribution in [0.4, 0.5) is 0 Å². The van der Waals surface area contributed by atoms with Gasteiger partial charge in [0, 0.05) is 0 Å². The Morgan fingerprint density at radius 3 is 2.32 bits per heavy atom. The number of sulfone groups is 1. The number of hydrogen-bond acceptors (Lipinski definition) is 4. The molecule has 6 heteroatoms. The summed E-state index contributed by atoms with van der Waals surface area (Å²) in [5.41, 5.74) is 0. The lowest BCUT2D eigenvalue weighted by Gasteiger charge is -2.20. The first-order chi connectivity index (χ1) is 8.86. The van der Waals surface area contributed by atoms with E-state index in [0.29, 0.717) is 0 Å². The molecule has 0 unspecified atom stereocenters. The van der Waals surface area contributed by atoms with Crippen LogP contribution in [-0.2, 0) is 19.4 Å². The number of carbonyl (C=O) groups is 1. The second-order valence-corrected chi connectivity index (χ2v) is 6.80. The summed E-state index contributed by atoms with van der Waals surface area (Å²) in [5.74, 6) is -1.24. The summed E-state index contributed by atoms with van der Waals surface area (Å²) in [5, 5.41) is 0. The zero-order valence-corrected chi connectivity index (χ0v) is 12.4. The molecule has 0 aliphatic carbocycles. The number of benzene rings is 1. The van der Waals surface area contributed by atoms with E-state index >= 15 is 0 Å². The van der Waals surface area contributed by atoms with Crippen LogP contribution in [0.25, 0.3) is 0 Å². The Labute approximate surface area is 118 Å². The number of carbonyl (C=O) groups excluding carboxylic acids is 1. The monoisotopic (exact) mass is 304 g/mol. The van der Waals surface area contributed by atoms with Crippen LogP contribution in [0, 0.1) is 5.92 Å². The molecule has 0 fully saturated rings. The van der Waals surface area contributed by atoms with E-state index in [9.17, 15) is 13.2 Å². The van der Waals surface area contributed by atoms with Crippen LogP contribution in [0.3, 0.4) is 0 Å². The van der Waals surface area contributed by atoms with Gasteiger partial charge in [-0.25, -0.2) is 8.42 Å². The van der Waals surface area contributed by atoms with E-state index in [1.54, 1.807) is 32.0 Å². The van der Waals surface area contributed by atoms with Gasteiger partial charge in [-0.1, -0.05) is 32.0 Å². The predicted molar refractivity (Wildman–Crippen MR) is 73.9 cm³/mol. The maximum absolute atomic E-state index is 12.2. The van der Waals surface area contributed by atoms with Gasteiger partial charge in [0.2, 0.25) is 0 Å². The molecule has 0 bridgehead atoms. The fourth-order valence-corrected chi connectivity index (χ4v) is 3.22. The smallest absolute Gasteiger partial charge is 0.321 e. The molecule has 0 heterocycles. The standard InChI is InChI=1S/C13H17ClO4S/c1-10(2)12(18-13(15)8-14)9-19(16,17)11-6-4-3-5-7-11/h3-7,10,12H,8-9H2,1-2H3/t12-/m1/s1. The molecule has 1 aromatic carbocycles. The van der Waals surface area contributed by atoms with E-state index in [-0.39, 0.29) is 22.4 Å². The summed E-state index contributed by atoms with van der Waals surface area (Å²) in [6.07, 6.45) is -0.698. The fourth-order valence-electron chi connectivity index (χ4n) is 1.50. The summed E-state index contributed by atoms with van der Waals surface area (Å²) in [6, 6.07) is 8.10. The molecule has 0 aliphatic rings. The average Bonchev–Trinajstić information content (AvgIpc) is 2.38. The minimum absolute atomic E-state index is 0.106. The zero-order valence-electron chi connectivity index (χ0n) is 10.9. The van der Waals surface area contributed by atoms with Gasteiger partial charge in [0.05, 0.1) is 10.6 Å². The molecular weight excluding hydrogens is 288 g/mol. The van der Waals surface area contributed by atoms with Crippen molar-refractivity contribution in [3.63, 3.8) is 0 Å². The molecule has 0 amide bonds. The molecule has 1 rings (SSSR count). The van der Waals surface area contributed by atoms with Crippen molar-refractivity contribution in [2.24, 2.45) is 5.92 Å². The molecular formula is C13H17ClO4S. The highest BCUT2D eigenvalue weighted by atomic mass is 35.5. The third kappa shape index (κ3) is 4.84. The maximum Gasteiger partial charge on any atom is 0.321 e. The highest BCUT2D eigenvalue weighted by molar-refractivity contribution is 7.91. The van der Waals surface area contributed by atoms with Gasteiger partial charge in [-0.15, -0.1) is 11.6 Å². The van der Waals surface area contributed by atoms with Crippen LogP contribution >= 0.6 is 11.6 Å². The Balaban J connectivity index is 2.87. The van der Waals surface area contributed by atoms with Crippen LogP contribution in [0.15, 0.2) is 35.2 Å². The van der Waals surface area contributed by atoms with Crippen molar-refractivity contribution in [3.05, 3.63) is 30.3 Å². The number of halogens is 1. The molecule has 4 nitrogen and oxygen atoms in total. The quantitative estimate of drug-likeness (QED) is 0.597. The van der Waals surface area contributed by atoms with E-state index in [2.05, 4.69) is 0 Å². The molecule has 0 radical (unpaired) electrons. The van der Waals surface area contributed by atoms with Crippen molar-refractivity contribution >= 4 is 27.4 Å². The van der Waals surface area contributed by atoms with Crippen molar-refractivity contribution in [2.75, 3.05) is 11.6 Å². The first-order valence-electron chi connectivity index (χ1n) is 5.90. The van der Waals surface area contributed by atoms with Crippen LogP contribution in [0.1, 0.15) is 13.8 Å². The molecule has 1 aromatic rings. The highest BCUT2D eigenvalue weighted by Crippen LogP contribution is 2.17. The van der Waals surface area contributed by atoms with Crippen LogP contribution in [-0.4, -0.2) is 32.1 Å². The van der Waals surface area contributed by atoms with E-state index < -0.39 is 21.9 Å². The first-order valence-corrected chi connectivity index (χ1v) is 8.08. The summed E-state index contributed by atoms with van der Waals surface area (Å²) >= 11 is 5.37. The minimum atomic E-state index is -3.48. The molecule has 1 atom stereocenters. The molecule has 0 aliphatic heterocycles. The van der Waals surface area contributed by atoms with Crippen LogP contribution < -0.4 is 0 Å². The van der Waals surface area contributed by atoms with Crippen molar-refractivity contribution in [3.8, 4) is 0 Å². The first kappa shape index (κ1) is 16.0. The van der Waals surface area contributed by atoms with E-state index in [4.69, 9.17) is 16.3 Å². The van der Waals surface area contributed by atoms with Crippen molar-refractivity contribution in [1.82, 2.24) is 0 Å². The third-order valence-electron chi connectivity index (χ3n) is 2.62. The second-order valence-electron chi connectivity index (χ2n) is 4.50. The summed E-state index contributed by atoms with van der Waals surface area (Å²) < 4.78 is 29.5. The van der Waals surface area contributed by atoms with E-state index in [0.717, 1.165) is 0 Å². The molecule has 0 spiro atoms. The lowest BCUT2D eigenvalue weighted by atomic mass is 10.1. The van der Waals surface area contributed by atoms with Gasteiger partial charge in [0.1, 0.15) is 12.0 Å². The Morgan fingerprint density at radius 2 is 1.84 bits per heavy atom. The molecule has 0 N–H and O–H groups in total. The number of ether oxygens (including phenoxy) is 1. The van der Waals surface area contributed by atoms with Gasteiger partial charge in [0.25, 0.3) is 0 Å². The largest absolute Gasteiger partial charge is 0.460 e. The molecule has 0 saturated carbocycles. The topological polar surface area (TPSA) is 60.4 Å². The number of esters is 1. The van der Waals surface area contributed by atoms with Gasteiger partial charge < -0.3 is 4.74 Å². The maximum atomic E-state index is 12.2. The zero-order chi connectivity index (χ0) is 14.5. The van der Waals surface area contributed by atoms with Gasteiger partial charge >= 0.3 is 5.97 Å². The summed E-state index contributed by atoms with van der Waals surface area (Å²) in [7, 11) is -3.48. The molecule has 0 aromatic heterocycles. The number of rotatable bonds is 6. The summed E-state index contributed by atoms with van der Waals surface area (Å²) in [6.45, 7) is 3.60. The van der Waals surface area contributed by atoms with Gasteiger partial charge in [-0.2, -0.15) is 0 Å². The predicted octanol–water partition coefficient (Wildman–Crippen LogP) is 2.27. The van der Waals surface area contributed by atoms with Crippen LogP contribution in [0.2, 0.25) is 0 Å². The van der Waals surface area contributed by atoms with Crippen molar-refractivity contribution in [2.45, 2.75) is 24.8 Å². The number of hydrogen-bond donors (Lipinski definition) is 0. The van der Waals surface area contributed by atoms with Gasteiger partial charge in [0.15, 0.2) is 9.84 Å². The normalized spacial score (nSPS) is 13.3. The Hall–Kier alpha value is -1.07. The van der Waals surface area contributed by atoms with Gasteiger partial charge in [-0.05, 0) is 18.1 Å². The van der Waals surface area contributed by atoms with Crippen molar-refractivity contribution in [1.29, 1.82) is 0 Å². The average molecular weight is 305 g/mol. The molecule has 0 saturated heterocycles. The van der Waals surface area contributed by atoms with E-state index in [1.165, 1.54) is 12.1 Å². The number of alkyl halides is 1. The second kappa shape index (κ2) is 6.91.